The van der Waals surface area contributed by atoms with Crippen molar-refractivity contribution in [2.24, 2.45) is 0 Å². The number of hydrogen-bond donors (Lipinski definition) is 1. The summed E-state index contributed by atoms with van der Waals surface area (Å²) in [6.07, 6.45) is 1.55. The first kappa shape index (κ1) is 11.8. The maximum absolute atomic E-state index is 10.4. The van der Waals surface area contributed by atoms with E-state index in [2.05, 4.69) is 10.3 Å². The molecule has 0 saturated heterocycles. The largest absolute Gasteiger partial charge is 0.481 e. The van der Waals surface area contributed by atoms with Crippen LogP contribution in [0.5, 0.6) is 11.5 Å². The number of aryl methyl sites for hydroxylation is 1. The minimum absolute atomic E-state index is 0.180. The minimum Gasteiger partial charge on any atom is -0.481 e. The Balaban J connectivity index is 1.75. The number of rotatable bonds is 5. The average molecular weight is 263 g/mol. The van der Waals surface area contributed by atoms with E-state index in [9.17, 15) is 4.79 Å². The van der Waals surface area contributed by atoms with Crippen LogP contribution in [0.2, 0.25) is 0 Å². The molecular weight excluding hydrogens is 250 g/mol. The van der Waals surface area contributed by atoms with E-state index in [0.717, 1.165) is 17.5 Å². The third-order valence-corrected chi connectivity index (χ3v) is 3.02. The van der Waals surface area contributed by atoms with Crippen molar-refractivity contribution < 1.29 is 19.4 Å². The van der Waals surface area contributed by atoms with Crippen molar-refractivity contribution in [2.45, 2.75) is 25.8 Å². The van der Waals surface area contributed by atoms with Crippen molar-refractivity contribution in [1.29, 1.82) is 0 Å². The fourth-order valence-electron chi connectivity index (χ4n) is 2.06. The van der Waals surface area contributed by atoms with Crippen LogP contribution >= 0.6 is 0 Å². The molecule has 3 rings (SSSR count). The fourth-order valence-corrected chi connectivity index (χ4v) is 2.06. The second-order valence-corrected chi connectivity index (χ2v) is 4.36. The van der Waals surface area contributed by atoms with Crippen LogP contribution in [-0.4, -0.2) is 32.9 Å². The number of hydrogen-bond acceptors (Lipinski definition) is 5. The second kappa shape index (κ2) is 4.75. The lowest BCUT2D eigenvalue weighted by molar-refractivity contribution is -0.137. The first-order valence-electron chi connectivity index (χ1n) is 6.09. The quantitative estimate of drug-likeness (QED) is 0.821. The predicted octanol–water partition coefficient (Wildman–Crippen LogP) is 1.41. The molecule has 0 radical (unpaired) electrons. The molecule has 0 bridgehead atoms. The Bertz CT molecular complexity index is 623. The van der Waals surface area contributed by atoms with Gasteiger partial charge in [0.25, 0.3) is 0 Å². The molecule has 1 aliphatic rings. The highest BCUT2D eigenvalue weighted by molar-refractivity contribution is 5.79. The lowest BCUT2D eigenvalue weighted by Gasteiger charge is -2.02. The molecule has 0 unspecified atom stereocenters. The summed E-state index contributed by atoms with van der Waals surface area (Å²) in [6, 6.07) is 3.66. The third kappa shape index (κ3) is 2.31. The van der Waals surface area contributed by atoms with Gasteiger partial charge in [-0.15, -0.1) is 5.10 Å². The fraction of sp³-hybridized carbons (Fsp3) is 0.417. The van der Waals surface area contributed by atoms with Gasteiger partial charge >= 0.3 is 5.97 Å². The molecule has 2 heterocycles. The SMILES string of the molecule is O=C(O)CCCCn1nnc2cc3c(cc21)OCO3. The number of fused-ring (bicyclic) bond motifs is 2. The number of carboxylic acid groups (broad SMARTS) is 1. The maximum atomic E-state index is 10.4. The zero-order valence-electron chi connectivity index (χ0n) is 10.2. The van der Waals surface area contributed by atoms with E-state index >= 15 is 0 Å². The minimum atomic E-state index is -0.771. The molecule has 0 amide bonds. The van der Waals surface area contributed by atoms with Crippen LogP contribution in [0, 0.1) is 0 Å². The van der Waals surface area contributed by atoms with Gasteiger partial charge in [0, 0.05) is 25.1 Å². The lowest BCUT2D eigenvalue weighted by Crippen LogP contribution is -2.02. The number of carbonyl (C=O) groups is 1. The van der Waals surface area contributed by atoms with Crippen molar-refractivity contribution in [2.75, 3.05) is 6.79 Å². The number of aliphatic carboxylic acids is 1. The maximum Gasteiger partial charge on any atom is 0.303 e. The number of carboxylic acids is 1. The van der Waals surface area contributed by atoms with Crippen LogP contribution in [-0.2, 0) is 11.3 Å². The van der Waals surface area contributed by atoms with Gasteiger partial charge in [0.2, 0.25) is 6.79 Å². The van der Waals surface area contributed by atoms with Gasteiger partial charge in [-0.3, -0.25) is 4.79 Å². The van der Waals surface area contributed by atoms with E-state index in [0.29, 0.717) is 24.5 Å². The second-order valence-electron chi connectivity index (χ2n) is 4.36. The lowest BCUT2D eigenvalue weighted by atomic mass is 10.2. The zero-order chi connectivity index (χ0) is 13.2. The third-order valence-electron chi connectivity index (χ3n) is 3.02. The topological polar surface area (TPSA) is 86.5 Å². The summed E-state index contributed by atoms with van der Waals surface area (Å²) < 4.78 is 12.4. The monoisotopic (exact) mass is 263 g/mol. The van der Waals surface area contributed by atoms with E-state index in [1.807, 2.05) is 6.07 Å². The van der Waals surface area contributed by atoms with Gasteiger partial charge in [-0.1, -0.05) is 5.21 Å². The van der Waals surface area contributed by atoms with Crippen molar-refractivity contribution in [3.63, 3.8) is 0 Å². The van der Waals surface area contributed by atoms with Gasteiger partial charge in [-0.2, -0.15) is 0 Å². The van der Waals surface area contributed by atoms with Crippen LogP contribution < -0.4 is 9.47 Å². The molecule has 0 aliphatic carbocycles. The first-order chi connectivity index (χ1) is 9.24. The van der Waals surface area contributed by atoms with E-state index in [4.69, 9.17) is 14.6 Å². The average Bonchev–Trinajstić information content (AvgIpc) is 2.98. The Morgan fingerprint density at radius 3 is 2.89 bits per heavy atom. The van der Waals surface area contributed by atoms with Gasteiger partial charge < -0.3 is 14.6 Å². The molecule has 1 aromatic carbocycles. The summed E-state index contributed by atoms with van der Waals surface area (Å²) in [6.45, 7) is 0.872. The molecule has 2 aromatic rings. The Labute approximate surface area is 108 Å². The van der Waals surface area contributed by atoms with Crippen molar-refractivity contribution >= 4 is 17.0 Å². The van der Waals surface area contributed by atoms with E-state index in [1.54, 1.807) is 10.7 Å². The Morgan fingerprint density at radius 2 is 2.11 bits per heavy atom. The van der Waals surface area contributed by atoms with Crippen molar-refractivity contribution in [1.82, 2.24) is 15.0 Å². The van der Waals surface area contributed by atoms with Gasteiger partial charge in [0.15, 0.2) is 11.5 Å². The van der Waals surface area contributed by atoms with Gasteiger partial charge in [-0.05, 0) is 12.8 Å². The number of unbranched alkanes of at least 4 members (excludes halogenated alkanes) is 1. The van der Waals surface area contributed by atoms with Crippen LogP contribution in [0.25, 0.3) is 11.0 Å². The van der Waals surface area contributed by atoms with Crippen LogP contribution in [0.15, 0.2) is 12.1 Å². The Hall–Kier alpha value is -2.31. The summed E-state index contributed by atoms with van der Waals surface area (Å²) in [5.74, 6) is 0.610. The van der Waals surface area contributed by atoms with Gasteiger partial charge in [0.1, 0.15) is 5.52 Å². The number of benzene rings is 1. The van der Waals surface area contributed by atoms with Crippen molar-refractivity contribution in [3.8, 4) is 11.5 Å². The Kier molecular flexibility index (Phi) is 2.94. The number of nitrogens with zero attached hydrogens (tertiary/aromatic N) is 3. The summed E-state index contributed by atoms with van der Waals surface area (Å²) in [5.41, 5.74) is 1.63. The highest BCUT2D eigenvalue weighted by Crippen LogP contribution is 2.35. The summed E-state index contributed by atoms with van der Waals surface area (Å²) in [7, 11) is 0. The highest BCUT2D eigenvalue weighted by Gasteiger charge is 2.17. The van der Waals surface area contributed by atoms with E-state index < -0.39 is 5.97 Å². The summed E-state index contributed by atoms with van der Waals surface area (Å²) >= 11 is 0. The van der Waals surface area contributed by atoms with Gasteiger partial charge in [0.05, 0.1) is 5.52 Å². The molecule has 1 aromatic heterocycles. The molecular formula is C12H13N3O4. The van der Waals surface area contributed by atoms with E-state index in [-0.39, 0.29) is 13.2 Å². The highest BCUT2D eigenvalue weighted by atomic mass is 16.7. The van der Waals surface area contributed by atoms with Crippen LogP contribution in [0.1, 0.15) is 19.3 Å². The Morgan fingerprint density at radius 1 is 1.32 bits per heavy atom. The summed E-state index contributed by atoms with van der Waals surface area (Å²) in [4.78, 5) is 10.4. The number of aromatic nitrogens is 3. The molecule has 19 heavy (non-hydrogen) atoms. The molecule has 0 spiro atoms. The predicted molar refractivity (Wildman–Crippen MR) is 65.1 cm³/mol. The smallest absolute Gasteiger partial charge is 0.303 e. The number of ether oxygens (including phenoxy) is 2. The molecule has 7 heteroatoms. The summed E-state index contributed by atoms with van der Waals surface area (Å²) in [5, 5.41) is 16.7. The standard InChI is InChI=1S/C12H13N3O4/c16-12(17)3-1-2-4-15-9-6-11-10(18-7-19-11)5-8(9)13-14-15/h5-6H,1-4,7H2,(H,16,17). The van der Waals surface area contributed by atoms with Crippen molar-refractivity contribution in [3.05, 3.63) is 12.1 Å². The van der Waals surface area contributed by atoms with Crippen LogP contribution in [0.4, 0.5) is 0 Å². The molecule has 0 saturated carbocycles. The van der Waals surface area contributed by atoms with Crippen LogP contribution in [0.3, 0.4) is 0 Å². The first-order valence-corrected chi connectivity index (χ1v) is 6.09. The molecule has 7 nitrogen and oxygen atoms in total. The zero-order valence-corrected chi connectivity index (χ0v) is 10.2. The molecule has 1 N–H and O–H groups in total. The van der Waals surface area contributed by atoms with Gasteiger partial charge in [-0.25, -0.2) is 4.68 Å². The molecule has 0 fully saturated rings. The molecule has 1 aliphatic heterocycles. The van der Waals surface area contributed by atoms with E-state index in [1.165, 1.54) is 0 Å². The normalized spacial score (nSPS) is 13.1. The molecule has 0 atom stereocenters. The molecule has 100 valence electrons.